The molecule has 0 saturated carbocycles. The molecule has 1 nitrogen and oxygen atoms in total. The fourth-order valence-electron chi connectivity index (χ4n) is 1.57. The molecule has 1 unspecified atom stereocenters. The largest absolute Gasteiger partial charge is 0.326 e. The second kappa shape index (κ2) is 5.49. The molecular weight excluding hydrogens is 234 g/mol. The average molecular weight is 249 g/mol. The summed E-state index contributed by atoms with van der Waals surface area (Å²) in [6.07, 6.45) is -3.69. The lowest BCUT2D eigenvalue weighted by Crippen LogP contribution is -2.42. The van der Waals surface area contributed by atoms with Crippen LogP contribution in [0.5, 0.6) is 0 Å². The Morgan fingerprint density at radius 1 is 1.18 bits per heavy atom. The van der Waals surface area contributed by atoms with Crippen LogP contribution in [0.4, 0.5) is 17.6 Å². The summed E-state index contributed by atoms with van der Waals surface area (Å²) in [7, 11) is 0. The van der Waals surface area contributed by atoms with Gasteiger partial charge in [0.25, 0.3) is 0 Å². The molecule has 0 radical (unpaired) electrons. The summed E-state index contributed by atoms with van der Waals surface area (Å²) < 4.78 is 51.5. The molecule has 1 aromatic rings. The Morgan fingerprint density at radius 2 is 1.71 bits per heavy atom. The molecule has 1 rings (SSSR count). The van der Waals surface area contributed by atoms with Crippen LogP contribution in [0.3, 0.4) is 0 Å². The fraction of sp³-hybridized carbons (Fsp3) is 0.500. The molecule has 0 aromatic heterocycles. The van der Waals surface area contributed by atoms with Gasteiger partial charge in [-0.2, -0.15) is 8.78 Å². The van der Waals surface area contributed by atoms with Crippen LogP contribution < -0.4 is 5.32 Å². The minimum atomic E-state index is -4.08. The number of nitrogens with one attached hydrogen (secondary N) is 1. The Morgan fingerprint density at radius 3 is 2.12 bits per heavy atom. The molecule has 1 N–H and O–H groups in total. The van der Waals surface area contributed by atoms with Crippen LogP contribution in [-0.2, 0) is 0 Å². The van der Waals surface area contributed by atoms with Crippen molar-refractivity contribution in [3.8, 4) is 0 Å². The van der Waals surface area contributed by atoms with Gasteiger partial charge in [-0.15, -0.1) is 0 Å². The average Bonchev–Trinajstić information content (AvgIpc) is 2.27. The first-order chi connectivity index (χ1) is 7.89. The van der Waals surface area contributed by atoms with E-state index in [-0.39, 0.29) is 12.1 Å². The van der Waals surface area contributed by atoms with Gasteiger partial charge in [-0.3, -0.25) is 0 Å². The molecule has 0 bridgehead atoms. The molecule has 1 aromatic carbocycles. The lowest BCUT2D eigenvalue weighted by Gasteiger charge is -2.27. The van der Waals surface area contributed by atoms with Crippen molar-refractivity contribution in [1.29, 1.82) is 0 Å². The third kappa shape index (κ3) is 3.19. The second-order valence-corrected chi connectivity index (χ2v) is 3.88. The maximum atomic E-state index is 13.4. The van der Waals surface area contributed by atoms with Crippen molar-refractivity contribution in [2.24, 2.45) is 0 Å². The molecule has 0 aliphatic rings. The number of hydrogen-bond acceptors (Lipinski definition) is 1. The smallest absolute Gasteiger partial charge is 0.305 e. The van der Waals surface area contributed by atoms with Gasteiger partial charge in [0.1, 0.15) is 6.04 Å². The highest BCUT2D eigenvalue weighted by Gasteiger charge is 2.48. The van der Waals surface area contributed by atoms with Crippen LogP contribution in [0.1, 0.15) is 24.1 Å². The minimum Gasteiger partial charge on any atom is -0.305 e. The van der Waals surface area contributed by atoms with Crippen molar-refractivity contribution in [2.75, 3.05) is 6.54 Å². The number of benzene rings is 1. The number of alkyl halides is 4. The standard InChI is InChI=1S/C12H15F4N/c1-3-17-10(12(15,16)11(13)14)9-6-4-8(2)5-7-9/h4-7,10-11,17H,3H2,1-2H3. The molecule has 0 saturated heterocycles. The zero-order chi connectivity index (χ0) is 13.1. The monoisotopic (exact) mass is 249 g/mol. The molecule has 5 heteroatoms. The van der Waals surface area contributed by atoms with Crippen molar-refractivity contribution in [2.45, 2.75) is 32.2 Å². The first-order valence-electron chi connectivity index (χ1n) is 5.35. The molecule has 96 valence electrons. The van der Waals surface area contributed by atoms with Crippen molar-refractivity contribution in [3.05, 3.63) is 35.4 Å². The summed E-state index contributed by atoms with van der Waals surface area (Å²) in [6.45, 7) is 3.60. The Kier molecular flexibility index (Phi) is 4.51. The van der Waals surface area contributed by atoms with Crippen LogP contribution in [0.25, 0.3) is 0 Å². The highest BCUT2D eigenvalue weighted by atomic mass is 19.3. The second-order valence-electron chi connectivity index (χ2n) is 3.88. The van der Waals surface area contributed by atoms with Gasteiger partial charge in [0.2, 0.25) is 0 Å². The SMILES string of the molecule is CCNC(c1ccc(C)cc1)C(F)(F)C(F)F. The molecule has 1 atom stereocenters. The summed E-state index contributed by atoms with van der Waals surface area (Å²) in [4.78, 5) is 0. The maximum absolute atomic E-state index is 13.4. The Labute approximate surface area is 97.8 Å². The van der Waals surface area contributed by atoms with Gasteiger partial charge in [-0.05, 0) is 19.0 Å². The molecule has 0 aliphatic carbocycles. The van der Waals surface area contributed by atoms with Crippen LogP contribution in [-0.4, -0.2) is 18.9 Å². The van der Waals surface area contributed by atoms with Crippen LogP contribution in [0.2, 0.25) is 0 Å². The van der Waals surface area contributed by atoms with E-state index >= 15 is 0 Å². The molecule has 17 heavy (non-hydrogen) atoms. The van der Waals surface area contributed by atoms with E-state index in [9.17, 15) is 17.6 Å². The molecule has 0 spiro atoms. The van der Waals surface area contributed by atoms with Crippen molar-refractivity contribution < 1.29 is 17.6 Å². The summed E-state index contributed by atoms with van der Waals surface area (Å²) in [5.41, 5.74) is 1.06. The summed E-state index contributed by atoms with van der Waals surface area (Å²) in [6, 6.07) is 4.48. The highest BCUT2D eigenvalue weighted by molar-refractivity contribution is 5.26. The number of hydrogen-bond donors (Lipinski definition) is 1. The van der Waals surface area contributed by atoms with Gasteiger partial charge < -0.3 is 5.32 Å². The topological polar surface area (TPSA) is 12.0 Å². The number of aryl methyl sites for hydroxylation is 1. The first-order valence-corrected chi connectivity index (χ1v) is 5.35. The Balaban J connectivity index is 3.04. The van der Waals surface area contributed by atoms with E-state index in [1.807, 2.05) is 0 Å². The number of rotatable bonds is 5. The lowest BCUT2D eigenvalue weighted by molar-refractivity contribution is -0.151. The van der Waals surface area contributed by atoms with Gasteiger partial charge in [-0.25, -0.2) is 8.78 Å². The molecular formula is C12H15F4N. The van der Waals surface area contributed by atoms with Crippen LogP contribution in [0.15, 0.2) is 24.3 Å². The minimum absolute atomic E-state index is 0.169. The van der Waals surface area contributed by atoms with Crippen molar-refractivity contribution in [1.82, 2.24) is 5.32 Å². The maximum Gasteiger partial charge on any atom is 0.326 e. The van der Waals surface area contributed by atoms with Gasteiger partial charge in [-0.1, -0.05) is 36.8 Å². The fourth-order valence-corrected chi connectivity index (χ4v) is 1.57. The van der Waals surface area contributed by atoms with E-state index < -0.39 is 18.4 Å². The third-order valence-corrected chi connectivity index (χ3v) is 2.49. The number of halogens is 4. The summed E-state index contributed by atoms with van der Waals surface area (Å²) in [5.74, 6) is -4.08. The van der Waals surface area contributed by atoms with Gasteiger partial charge in [0.15, 0.2) is 0 Å². The quantitative estimate of drug-likeness (QED) is 0.787. The first kappa shape index (κ1) is 14.0. The van der Waals surface area contributed by atoms with E-state index in [4.69, 9.17) is 0 Å². The summed E-state index contributed by atoms with van der Waals surface area (Å²) >= 11 is 0. The van der Waals surface area contributed by atoms with Crippen LogP contribution in [0, 0.1) is 6.92 Å². The van der Waals surface area contributed by atoms with E-state index in [1.165, 1.54) is 12.1 Å². The highest BCUT2D eigenvalue weighted by Crippen LogP contribution is 2.36. The Bertz CT molecular complexity index is 348. The van der Waals surface area contributed by atoms with E-state index in [0.717, 1.165) is 5.56 Å². The van der Waals surface area contributed by atoms with E-state index in [0.29, 0.717) is 0 Å². The zero-order valence-corrected chi connectivity index (χ0v) is 9.68. The lowest BCUT2D eigenvalue weighted by atomic mass is 9.99. The van der Waals surface area contributed by atoms with Crippen molar-refractivity contribution in [3.63, 3.8) is 0 Å². The van der Waals surface area contributed by atoms with E-state index in [1.54, 1.807) is 26.0 Å². The normalized spacial score (nSPS) is 14.1. The van der Waals surface area contributed by atoms with Gasteiger partial charge in [0, 0.05) is 0 Å². The van der Waals surface area contributed by atoms with Crippen LogP contribution >= 0.6 is 0 Å². The molecule has 0 amide bonds. The van der Waals surface area contributed by atoms with Crippen molar-refractivity contribution >= 4 is 0 Å². The Hall–Kier alpha value is -1.10. The molecule has 0 fully saturated rings. The van der Waals surface area contributed by atoms with Gasteiger partial charge >= 0.3 is 12.3 Å². The van der Waals surface area contributed by atoms with E-state index in [2.05, 4.69) is 5.32 Å². The zero-order valence-electron chi connectivity index (χ0n) is 9.68. The van der Waals surface area contributed by atoms with Gasteiger partial charge in [0.05, 0.1) is 0 Å². The molecule has 0 aliphatic heterocycles. The third-order valence-electron chi connectivity index (χ3n) is 2.49. The predicted molar refractivity (Wildman–Crippen MR) is 58.5 cm³/mol. The summed E-state index contributed by atoms with van der Waals surface area (Å²) in [5, 5.41) is 2.41. The predicted octanol–water partition coefficient (Wildman–Crippen LogP) is 3.55. The molecule has 0 heterocycles.